The first-order valence-corrected chi connectivity index (χ1v) is 11.5. The smallest absolute Gasteiger partial charge is 0.339 e. The second kappa shape index (κ2) is 11.3. The van der Waals surface area contributed by atoms with Crippen LogP contribution in [-0.2, 0) is 19.1 Å². The van der Waals surface area contributed by atoms with Gasteiger partial charge in [0.15, 0.2) is 11.4 Å². The second-order valence-corrected chi connectivity index (χ2v) is 9.18. The van der Waals surface area contributed by atoms with Crippen LogP contribution in [0.3, 0.4) is 0 Å². The minimum absolute atomic E-state index is 0.0828. The predicted molar refractivity (Wildman–Crippen MR) is 130 cm³/mol. The van der Waals surface area contributed by atoms with E-state index in [1.807, 2.05) is 26.0 Å². The van der Waals surface area contributed by atoms with E-state index in [1.165, 1.54) is 25.0 Å². The fraction of sp³-hybridized carbons (Fsp3) is 0.464. The molecule has 33 heavy (non-hydrogen) atoms. The predicted octanol–water partition coefficient (Wildman–Crippen LogP) is 6.30. The molecule has 0 N–H and O–H groups in total. The summed E-state index contributed by atoms with van der Waals surface area (Å²) in [5.41, 5.74) is 2.62. The summed E-state index contributed by atoms with van der Waals surface area (Å²) >= 11 is 0. The van der Waals surface area contributed by atoms with Gasteiger partial charge in [0.2, 0.25) is 0 Å². The minimum Gasteiger partial charge on any atom is -0.454 e. The summed E-state index contributed by atoms with van der Waals surface area (Å²) in [6.07, 6.45) is 8.60. The zero-order valence-corrected chi connectivity index (χ0v) is 20.5. The molecule has 2 atom stereocenters. The SMILES string of the molecule is C=C(C)C1(OC(C)=O)CC=C(C)CC1.CC(=O)C1(OC(=O)c2ccccc2)CC=C(C)CC1. The Labute approximate surface area is 197 Å². The van der Waals surface area contributed by atoms with Crippen molar-refractivity contribution in [2.24, 2.45) is 0 Å². The molecule has 2 unspecified atom stereocenters. The Hall–Kier alpha value is -2.95. The summed E-state index contributed by atoms with van der Waals surface area (Å²) in [4.78, 5) is 35.0. The van der Waals surface area contributed by atoms with Crippen molar-refractivity contribution >= 4 is 17.7 Å². The Kier molecular flexibility index (Phi) is 8.98. The summed E-state index contributed by atoms with van der Waals surface area (Å²) in [5, 5.41) is 0. The standard InChI is InChI=1S/C16H18O3.C12H18O2/c1-12-8-10-16(11-9-12,13(2)17)19-15(18)14-6-4-3-5-7-14;1-9(2)12(14-11(4)13)7-5-10(3)6-8-12/h3-8H,9-11H2,1-2H3;5H,1,6-8H2,2-4H3. The lowest BCUT2D eigenvalue weighted by molar-refractivity contribution is -0.154. The normalized spacial score (nSPS) is 24.3. The van der Waals surface area contributed by atoms with Crippen LogP contribution in [-0.4, -0.2) is 28.9 Å². The summed E-state index contributed by atoms with van der Waals surface area (Å²) in [6.45, 7) is 12.9. The summed E-state index contributed by atoms with van der Waals surface area (Å²) in [6, 6.07) is 8.79. The zero-order valence-electron chi connectivity index (χ0n) is 20.5. The molecule has 0 bridgehead atoms. The van der Waals surface area contributed by atoms with Crippen LogP contribution in [0.2, 0.25) is 0 Å². The topological polar surface area (TPSA) is 69.7 Å². The quantitative estimate of drug-likeness (QED) is 0.387. The molecule has 1 aromatic rings. The van der Waals surface area contributed by atoms with Crippen molar-refractivity contribution in [1.82, 2.24) is 0 Å². The molecular weight excluding hydrogens is 416 g/mol. The number of rotatable bonds is 5. The van der Waals surface area contributed by atoms with Gasteiger partial charge in [0, 0.05) is 19.8 Å². The highest BCUT2D eigenvalue weighted by atomic mass is 16.6. The van der Waals surface area contributed by atoms with E-state index in [9.17, 15) is 14.4 Å². The van der Waals surface area contributed by atoms with Gasteiger partial charge in [-0.3, -0.25) is 9.59 Å². The third-order valence-electron chi connectivity index (χ3n) is 6.46. The average molecular weight is 453 g/mol. The molecular formula is C28H36O5. The van der Waals surface area contributed by atoms with Crippen molar-refractivity contribution in [3.63, 3.8) is 0 Å². The Morgan fingerprint density at radius 1 is 0.818 bits per heavy atom. The molecule has 0 fully saturated rings. The maximum absolute atomic E-state index is 12.1. The third kappa shape index (κ3) is 7.01. The molecule has 0 saturated heterocycles. The van der Waals surface area contributed by atoms with Gasteiger partial charge < -0.3 is 9.47 Å². The van der Waals surface area contributed by atoms with Crippen LogP contribution < -0.4 is 0 Å². The molecule has 0 aromatic heterocycles. The molecule has 2 aliphatic carbocycles. The first-order valence-electron chi connectivity index (χ1n) is 11.5. The van der Waals surface area contributed by atoms with Gasteiger partial charge in [-0.15, -0.1) is 0 Å². The summed E-state index contributed by atoms with van der Waals surface area (Å²) < 4.78 is 10.9. The summed E-state index contributed by atoms with van der Waals surface area (Å²) in [7, 11) is 0. The van der Waals surface area contributed by atoms with Crippen LogP contribution in [0.25, 0.3) is 0 Å². The van der Waals surface area contributed by atoms with Crippen molar-refractivity contribution in [1.29, 1.82) is 0 Å². The average Bonchev–Trinajstić information content (AvgIpc) is 2.77. The fourth-order valence-corrected chi connectivity index (χ4v) is 4.02. The first kappa shape index (κ1) is 26.3. The lowest BCUT2D eigenvalue weighted by Gasteiger charge is -2.36. The Morgan fingerprint density at radius 2 is 1.33 bits per heavy atom. The van der Waals surface area contributed by atoms with Crippen LogP contribution in [0.15, 0.2) is 65.8 Å². The van der Waals surface area contributed by atoms with Gasteiger partial charge in [0.25, 0.3) is 0 Å². The van der Waals surface area contributed by atoms with Crippen LogP contribution in [0.5, 0.6) is 0 Å². The monoisotopic (exact) mass is 452 g/mol. The lowest BCUT2D eigenvalue weighted by Crippen LogP contribution is -2.43. The molecule has 178 valence electrons. The molecule has 0 amide bonds. The molecule has 0 radical (unpaired) electrons. The minimum atomic E-state index is -0.980. The van der Waals surface area contributed by atoms with Crippen molar-refractivity contribution in [2.75, 3.05) is 0 Å². The third-order valence-corrected chi connectivity index (χ3v) is 6.46. The van der Waals surface area contributed by atoms with E-state index in [1.54, 1.807) is 24.3 Å². The van der Waals surface area contributed by atoms with Crippen molar-refractivity contribution in [3.05, 3.63) is 71.3 Å². The van der Waals surface area contributed by atoms with Gasteiger partial charge in [-0.05, 0) is 71.1 Å². The van der Waals surface area contributed by atoms with E-state index in [-0.39, 0.29) is 11.8 Å². The number of carbonyl (C=O) groups is 3. The molecule has 2 aliphatic rings. The second-order valence-electron chi connectivity index (χ2n) is 9.18. The van der Waals surface area contributed by atoms with Crippen molar-refractivity contribution in [3.8, 4) is 0 Å². The van der Waals surface area contributed by atoms with E-state index in [0.29, 0.717) is 18.4 Å². The number of ketones is 1. The highest BCUT2D eigenvalue weighted by Gasteiger charge is 2.40. The molecule has 0 heterocycles. The van der Waals surface area contributed by atoms with Crippen LogP contribution in [0.4, 0.5) is 0 Å². The number of ether oxygens (including phenoxy) is 2. The number of hydrogen-bond donors (Lipinski definition) is 0. The molecule has 3 rings (SSSR count). The van der Waals surface area contributed by atoms with Crippen LogP contribution >= 0.6 is 0 Å². The molecule has 0 spiro atoms. The first-order chi connectivity index (χ1) is 15.5. The highest BCUT2D eigenvalue weighted by molar-refractivity contribution is 5.94. The van der Waals surface area contributed by atoms with E-state index < -0.39 is 17.2 Å². The van der Waals surface area contributed by atoms with E-state index in [2.05, 4.69) is 19.6 Å². The number of benzene rings is 1. The Balaban J connectivity index is 0.000000245. The molecule has 5 nitrogen and oxygen atoms in total. The van der Waals surface area contributed by atoms with E-state index in [4.69, 9.17) is 9.47 Å². The largest absolute Gasteiger partial charge is 0.454 e. The summed E-state index contributed by atoms with van der Waals surface area (Å²) in [5.74, 6) is -0.731. The maximum Gasteiger partial charge on any atom is 0.339 e. The van der Waals surface area contributed by atoms with Crippen molar-refractivity contribution < 1.29 is 23.9 Å². The van der Waals surface area contributed by atoms with Gasteiger partial charge in [-0.25, -0.2) is 4.79 Å². The molecule has 0 saturated carbocycles. The Morgan fingerprint density at radius 3 is 1.73 bits per heavy atom. The Bertz CT molecular complexity index is 956. The van der Waals surface area contributed by atoms with E-state index >= 15 is 0 Å². The van der Waals surface area contributed by atoms with Gasteiger partial charge in [-0.2, -0.15) is 0 Å². The molecule has 0 aliphatic heterocycles. The van der Waals surface area contributed by atoms with E-state index in [0.717, 1.165) is 31.3 Å². The lowest BCUT2D eigenvalue weighted by atomic mass is 9.81. The number of carbonyl (C=O) groups excluding carboxylic acids is 3. The number of Topliss-reactive ketones (excluding diaryl/α,β-unsaturated/α-hetero) is 1. The molecule has 1 aromatic carbocycles. The van der Waals surface area contributed by atoms with Gasteiger partial charge >= 0.3 is 11.9 Å². The number of hydrogen-bond acceptors (Lipinski definition) is 5. The zero-order chi connectivity index (χ0) is 24.6. The van der Waals surface area contributed by atoms with Gasteiger partial charge in [0.1, 0.15) is 5.60 Å². The van der Waals surface area contributed by atoms with Gasteiger partial charge in [0.05, 0.1) is 5.56 Å². The van der Waals surface area contributed by atoms with Crippen LogP contribution in [0, 0.1) is 0 Å². The van der Waals surface area contributed by atoms with Crippen molar-refractivity contribution in [2.45, 2.75) is 84.3 Å². The van der Waals surface area contributed by atoms with Crippen LogP contribution in [0.1, 0.15) is 83.5 Å². The number of esters is 2. The highest BCUT2D eigenvalue weighted by Crippen LogP contribution is 2.36. The maximum atomic E-state index is 12.1. The fourth-order valence-electron chi connectivity index (χ4n) is 4.02. The number of allylic oxidation sites excluding steroid dienone is 2. The molecule has 5 heteroatoms. The van der Waals surface area contributed by atoms with Gasteiger partial charge in [-0.1, -0.05) is 48.1 Å².